The van der Waals surface area contributed by atoms with Gasteiger partial charge in [0.15, 0.2) is 34.7 Å². The lowest BCUT2D eigenvalue weighted by atomic mass is 9.73. The maximum absolute atomic E-state index is 14.5. The van der Waals surface area contributed by atoms with Gasteiger partial charge in [0, 0.05) is 66.8 Å². The van der Waals surface area contributed by atoms with E-state index in [4.69, 9.17) is 0 Å². The van der Waals surface area contributed by atoms with Gasteiger partial charge in [0.2, 0.25) is 0 Å². The van der Waals surface area contributed by atoms with Crippen LogP contribution in [0, 0.1) is 0 Å². The van der Waals surface area contributed by atoms with Crippen LogP contribution in [0.5, 0.6) is 0 Å². The number of fused-ring (bicyclic) bond motifs is 3. The molecule has 0 aliphatic heterocycles. The molecule has 0 radical (unpaired) electrons. The number of carbonyl (C=O) groups is 6. The van der Waals surface area contributed by atoms with Crippen LogP contribution in [0.4, 0.5) is 0 Å². The Morgan fingerprint density at radius 3 is 1.50 bits per heavy atom. The van der Waals surface area contributed by atoms with E-state index in [0.29, 0.717) is 0 Å². The van der Waals surface area contributed by atoms with Gasteiger partial charge < -0.3 is 0 Å². The third-order valence-corrected chi connectivity index (χ3v) is 7.99. The fourth-order valence-electron chi connectivity index (χ4n) is 5.92. The first-order valence-electron chi connectivity index (χ1n) is 13.9. The molecule has 2 aliphatic carbocycles. The molecule has 0 bridgehead atoms. The molecule has 5 aromatic rings. The molecule has 0 saturated carbocycles. The van der Waals surface area contributed by atoms with Gasteiger partial charge in [-0.05, 0) is 12.1 Å². The minimum absolute atomic E-state index is 0.102. The summed E-state index contributed by atoms with van der Waals surface area (Å²) in [5, 5.41) is 0. The van der Waals surface area contributed by atoms with Gasteiger partial charge in [0.05, 0.1) is 0 Å². The molecule has 0 heterocycles. The maximum Gasteiger partial charge on any atom is 0.195 e. The Labute approximate surface area is 251 Å². The minimum Gasteiger partial charge on any atom is -0.289 e. The molecule has 2 aliphatic rings. The third-order valence-electron chi connectivity index (χ3n) is 7.99. The highest BCUT2D eigenvalue weighted by molar-refractivity contribution is 6.42. The van der Waals surface area contributed by atoms with Crippen molar-refractivity contribution < 1.29 is 28.8 Å². The number of ketones is 6. The van der Waals surface area contributed by atoms with Gasteiger partial charge >= 0.3 is 0 Å². The smallest absolute Gasteiger partial charge is 0.195 e. The molecular formula is C38H20O6. The van der Waals surface area contributed by atoms with Gasteiger partial charge in [-0.15, -0.1) is 0 Å². The van der Waals surface area contributed by atoms with E-state index in [1.165, 1.54) is 30.3 Å². The number of benzene rings is 5. The molecule has 0 atom stereocenters. The second-order valence-electron chi connectivity index (χ2n) is 10.5. The Kier molecular flexibility index (Phi) is 6.26. The van der Waals surface area contributed by atoms with Crippen LogP contribution in [0.3, 0.4) is 0 Å². The summed E-state index contributed by atoms with van der Waals surface area (Å²) in [6, 6.07) is 30.1. The summed E-state index contributed by atoms with van der Waals surface area (Å²) < 4.78 is 0. The van der Waals surface area contributed by atoms with Crippen molar-refractivity contribution in [1.29, 1.82) is 0 Å². The van der Waals surface area contributed by atoms with Gasteiger partial charge in [0.1, 0.15) is 0 Å². The lowest BCUT2D eigenvalue weighted by Crippen LogP contribution is -2.28. The normalized spacial score (nSPS) is 13.5. The Hall–Kier alpha value is -6.14. The molecule has 0 N–H and O–H groups in total. The molecule has 0 aromatic heterocycles. The molecule has 0 unspecified atom stereocenters. The number of carbonyl (C=O) groups excluding carboxylic acids is 6. The minimum atomic E-state index is -0.667. The molecule has 0 saturated heterocycles. The fourth-order valence-corrected chi connectivity index (χ4v) is 5.92. The molecule has 0 fully saturated rings. The largest absolute Gasteiger partial charge is 0.289 e. The maximum atomic E-state index is 14.5. The zero-order valence-corrected chi connectivity index (χ0v) is 23.0. The van der Waals surface area contributed by atoms with Crippen LogP contribution in [0.1, 0.15) is 90.0 Å². The van der Waals surface area contributed by atoms with E-state index in [1.807, 2.05) is 0 Å². The van der Waals surface area contributed by atoms with Crippen molar-refractivity contribution >= 4 is 40.3 Å². The molecular weight excluding hydrogens is 552 g/mol. The Morgan fingerprint density at radius 1 is 0.432 bits per heavy atom. The molecule has 5 aromatic carbocycles. The zero-order chi connectivity index (χ0) is 30.5. The van der Waals surface area contributed by atoms with Crippen molar-refractivity contribution in [1.82, 2.24) is 0 Å². The lowest BCUT2D eigenvalue weighted by Gasteiger charge is -2.26. The highest BCUT2D eigenvalue weighted by Crippen LogP contribution is 2.40. The second kappa shape index (κ2) is 10.3. The van der Waals surface area contributed by atoms with Crippen molar-refractivity contribution in [3.05, 3.63) is 183 Å². The van der Waals surface area contributed by atoms with E-state index in [1.54, 1.807) is 84.9 Å². The van der Waals surface area contributed by atoms with Crippen LogP contribution < -0.4 is 0 Å². The summed E-state index contributed by atoms with van der Waals surface area (Å²) in [7, 11) is 0. The standard InChI is InChI=1S/C38H20O6/c39-30-20-29(36(42)24-16-8-7-15-23(24)30)31-27(34(40)21-11-3-1-4-12-21)19-28-32(33(31)35(41)22-13-5-2-6-14-22)38(44)26-18-10-9-17-25(26)37(28)43/h1-20H. The van der Waals surface area contributed by atoms with Gasteiger partial charge in [0.25, 0.3) is 0 Å². The summed E-state index contributed by atoms with van der Waals surface area (Å²) in [5.41, 5.74) is -0.135. The molecule has 6 heteroatoms. The fraction of sp³-hybridized carbons (Fsp3) is 0. The van der Waals surface area contributed by atoms with Crippen molar-refractivity contribution in [2.75, 3.05) is 0 Å². The number of allylic oxidation sites excluding steroid dienone is 2. The van der Waals surface area contributed by atoms with Gasteiger partial charge in [-0.25, -0.2) is 0 Å². The summed E-state index contributed by atoms with van der Waals surface area (Å²) in [6.07, 6.45) is 1.11. The second-order valence-corrected chi connectivity index (χ2v) is 10.5. The van der Waals surface area contributed by atoms with Crippen LogP contribution in [0.25, 0.3) is 5.57 Å². The highest BCUT2D eigenvalue weighted by Gasteiger charge is 2.40. The van der Waals surface area contributed by atoms with E-state index in [-0.39, 0.29) is 66.8 Å². The van der Waals surface area contributed by atoms with Crippen LogP contribution in [-0.2, 0) is 0 Å². The van der Waals surface area contributed by atoms with Gasteiger partial charge in [-0.2, -0.15) is 0 Å². The van der Waals surface area contributed by atoms with E-state index in [2.05, 4.69) is 0 Å². The summed E-state index contributed by atoms with van der Waals surface area (Å²) >= 11 is 0. The van der Waals surface area contributed by atoms with E-state index >= 15 is 0 Å². The topological polar surface area (TPSA) is 102 Å². The monoisotopic (exact) mass is 572 g/mol. The van der Waals surface area contributed by atoms with Gasteiger partial charge in [-0.3, -0.25) is 28.8 Å². The SMILES string of the molecule is O=C1C=C(c2c(C(=O)c3ccccc3)cc3c(c2C(=O)c2ccccc2)C(=O)c2ccccc2C3=O)C(=O)c2ccccc21. The first kappa shape index (κ1) is 26.7. The zero-order valence-electron chi connectivity index (χ0n) is 23.0. The van der Waals surface area contributed by atoms with E-state index < -0.39 is 34.7 Å². The Bertz CT molecular complexity index is 2150. The van der Waals surface area contributed by atoms with Crippen molar-refractivity contribution in [3.63, 3.8) is 0 Å². The molecule has 0 amide bonds. The summed E-state index contributed by atoms with van der Waals surface area (Å²) in [6.45, 7) is 0. The highest BCUT2D eigenvalue weighted by atomic mass is 16.2. The van der Waals surface area contributed by atoms with Crippen molar-refractivity contribution in [2.24, 2.45) is 0 Å². The van der Waals surface area contributed by atoms with Crippen LogP contribution >= 0.6 is 0 Å². The average Bonchev–Trinajstić information content (AvgIpc) is 3.08. The van der Waals surface area contributed by atoms with Crippen LogP contribution in [0.2, 0.25) is 0 Å². The van der Waals surface area contributed by atoms with Crippen LogP contribution in [0.15, 0.2) is 121 Å². The van der Waals surface area contributed by atoms with Crippen LogP contribution in [-0.4, -0.2) is 34.7 Å². The van der Waals surface area contributed by atoms with Crippen molar-refractivity contribution in [3.8, 4) is 0 Å². The number of hydrogen-bond donors (Lipinski definition) is 0. The number of rotatable bonds is 5. The first-order chi connectivity index (χ1) is 21.4. The predicted molar refractivity (Wildman–Crippen MR) is 163 cm³/mol. The third kappa shape index (κ3) is 4.04. The molecule has 44 heavy (non-hydrogen) atoms. The van der Waals surface area contributed by atoms with Crippen molar-refractivity contribution in [2.45, 2.75) is 0 Å². The number of Topliss-reactive ketones (excluding diaryl/α,β-unsaturated/α-hetero) is 1. The first-order valence-corrected chi connectivity index (χ1v) is 13.9. The quantitative estimate of drug-likeness (QED) is 0.222. The van der Waals surface area contributed by atoms with Gasteiger partial charge in [-0.1, -0.05) is 109 Å². The average molecular weight is 573 g/mol. The summed E-state index contributed by atoms with van der Waals surface area (Å²) in [4.78, 5) is 84.3. The molecule has 0 spiro atoms. The molecule has 6 nitrogen and oxygen atoms in total. The summed E-state index contributed by atoms with van der Waals surface area (Å²) in [5.74, 6) is -3.44. The Morgan fingerprint density at radius 2 is 0.909 bits per heavy atom. The number of hydrogen-bond acceptors (Lipinski definition) is 6. The lowest BCUT2D eigenvalue weighted by molar-refractivity contribution is 0.0969. The molecule has 7 rings (SSSR count). The molecule has 208 valence electrons. The predicted octanol–water partition coefficient (Wildman–Crippen LogP) is 6.39. The van der Waals surface area contributed by atoms with E-state index in [0.717, 1.165) is 6.08 Å². The Balaban J connectivity index is 1.63. The van der Waals surface area contributed by atoms with E-state index in [9.17, 15) is 28.8 Å².